The van der Waals surface area contributed by atoms with Crippen LogP contribution in [-0.4, -0.2) is 48.1 Å². The monoisotopic (exact) mass is 372 g/mol. The number of nitrogens with one attached hydrogen (secondary N) is 2. The molecule has 2 amide bonds. The van der Waals surface area contributed by atoms with Crippen LogP contribution in [-0.2, 0) is 0 Å². The summed E-state index contributed by atoms with van der Waals surface area (Å²) < 4.78 is 0. The minimum atomic E-state index is -0.715. The quantitative estimate of drug-likeness (QED) is 0.488. The number of carbonyl (C=O) groups excluding carboxylic acids is 1. The van der Waals surface area contributed by atoms with E-state index in [9.17, 15) is 20.0 Å². The number of hydrogen-bond acceptors (Lipinski definition) is 5. The Hall–Kier alpha value is -2.97. The summed E-state index contributed by atoms with van der Waals surface area (Å²) in [5, 5.41) is 26.7. The Morgan fingerprint density at radius 2 is 1.78 bits per heavy atom. The minimum Gasteiger partial charge on any atom is -0.388 e. The fraction of sp³-hybridized carbons (Fsp3) is 0.316. The van der Waals surface area contributed by atoms with Crippen LogP contribution >= 0.6 is 0 Å². The van der Waals surface area contributed by atoms with E-state index < -0.39 is 17.1 Å². The first-order chi connectivity index (χ1) is 12.9. The predicted octanol–water partition coefficient (Wildman–Crippen LogP) is 2.63. The molecule has 0 bridgehead atoms. The molecular formula is C19H24N4O4. The number of hydrogen-bond donors (Lipinski definition) is 3. The number of rotatable bonds is 8. The maximum Gasteiger partial charge on any atom is 0.319 e. The molecule has 0 aliphatic heterocycles. The van der Waals surface area contributed by atoms with Crippen molar-refractivity contribution in [2.45, 2.75) is 6.10 Å². The highest BCUT2D eigenvalue weighted by Gasteiger charge is 2.22. The number of carbonyl (C=O) groups is 1. The second-order valence-electron chi connectivity index (χ2n) is 6.52. The highest BCUT2D eigenvalue weighted by atomic mass is 16.6. The van der Waals surface area contributed by atoms with Crippen molar-refractivity contribution >= 4 is 17.4 Å². The van der Waals surface area contributed by atoms with Crippen molar-refractivity contribution in [2.75, 3.05) is 32.5 Å². The Kier molecular flexibility index (Phi) is 7.27. The fourth-order valence-corrected chi connectivity index (χ4v) is 2.73. The first kappa shape index (κ1) is 20.3. The van der Waals surface area contributed by atoms with E-state index in [0.717, 1.165) is 5.56 Å². The number of benzene rings is 2. The Morgan fingerprint density at radius 1 is 1.15 bits per heavy atom. The summed E-state index contributed by atoms with van der Waals surface area (Å²) in [6.45, 7) is 0.862. The van der Waals surface area contributed by atoms with Gasteiger partial charge in [0.05, 0.1) is 11.0 Å². The molecule has 0 fully saturated rings. The van der Waals surface area contributed by atoms with Crippen LogP contribution in [0.4, 0.5) is 16.2 Å². The van der Waals surface area contributed by atoms with Crippen LogP contribution in [0.2, 0.25) is 0 Å². The number of urea groups is 1. The van der Waals surface area contributed by atoms with E-state index in [-0.39, 0.29) is 18.2 Å². The fourth-order valence-electron chi connectivity index (χ4n) is 2.73. The average Bonchev–Trinajstić information content (AvgIpc) is 2.65. The molecular weight excluding hydrogens is 348 g/mol. The van der Waals surface area contributed by atoms with Crippen molar-refractivity contribution in [3.8, 4) is 0 Å². The standard InChI is InChI=1S/C19H24N4O4/c1-22(2)13-15(18(24)14-6-4-3-5-7-14)12-20-19(25)21-16-8-10-17(11-9-16)23(26)27/h3-11,15,18,24H,12-13H2,1-2H3,(H2,20,21,25)/t15-,18-/m1/s1. The van der Waals surface area contributed by atoms with E-state index in [1.807, 2.05) is 49.3 Å². The van der Waals surface area contributed by atoms with Crippen LogP contribution in [0.3, 0.4) is 0 Å². The highest BCUT2D eigenvalue weighted by Crippen LogP contribution is 2.22. The van der Waals surface area contributed by atoms with Crippen molar-refractivity contribution in [1.29, 1.82) is 0 Å². The van der Waals surface area contributed by atoms with Crippen LogP contribution in [0.5, 0.6) is 0 Å². The van der Waals surface area contributed by atoms with Gasteiger partial charge in [-0.15, -0.1) is 0 Å². The van der Waals surface area contributed by atoms with Crippen molar-refractivity contribution in [1.82, 2.24) is 10.2 Å². The van der Waals surface area contributed by atoms with Gasteiger partial charge in [0.25, 0.3) is 5.69 Å². The van der Waals surface area contributed by atoms with E-state index in [0.29, 0.717) is 12.2 Å². The number of non-ortho nitro benzene ring substituents is 1. The Morgan fingerprint density at radius 3 is 2.33 bits per heavy atom. The molecule has 2 atom stereocenters. The molecule has 2 aromatic rings. The number of aliphatic hydroxyl groups excluding tert-OH is 1. The normalized spacial score (nSPS) is 13.0. The van der Waals surface area contributed by atoms with E-state index in [2.05, 4.69) is 10.6 Å². The van der Waals surface area contributed by atoms with Crippen LogP contribution in [0, 0.1) is 16.0 Å². The summed E-state index contributed by atoms with van der Waals surface area (Å²) in [6, 6.07) is 14.4. The third-order valence-corrected chi connectivity index (χ3v) is 4.05. The van der Waals surface area contributed by atoms with Crippen molar-refractivity contribution in [3.05, 3.63) is 70.3 Å². The number of anilines is 1. The maximum absolute atomic E-state index is 12.1. The van der Waals surface area contributed by atoms with E-state index in [1.165, 1.54) is 24.3 Å². The van der Waals surface area contributed by atoms with Gasteiger partial charge in [0.1, 0.15) is 0 Å². The molecule has 3 N–H and O–H groups in total. The zero-order chi connectivity index (χ0) is 19.8. The van der Waals surface area contributed by atoms with E-state index in [4.69, 9.17) is 0 Å². The lowest BCUT2D eigenvalue weighted by Crippen LogP contribution is -2.39. The maximum atomic E-state index is 12.1. The first-order valence-electron chi connectivity index (χ1n) is 8.54. The van der Waals surface area contributed by atoms with E-state index >= 15 is 0 Å². The molecule has 0 spiro atoms. The Balaban J connectivity index is 1.95. The molecule has 2 aromatic carbocycles. The predicted molar refractivity (Wildman–Crippen MR) is 104 cm³/mol. The summed E-state index contributed by atoms with van der Waals surface area (Å²) in [7, 11) is 3.81. The molecule has 0 aliphatic carbocycles. The lowest BCUT2D eigenvalue weighted by atomic mass is 9.95. The van der Waals surface area contributed by atoms with Gasteiger partial charge in [-0.05, 0) is 31.8 Å². The van der Waals surface area contributed by atoms with Crippen LogP contribution in [0.25, 0.3) is 0 Å². The van der Waals surface area contributed by atoms with Gasteiger partial charge in [0, 0.05) is 36.8 Å². The summed E-state index contributed by atoms with van der Waals surface area (Å²) in [6.07, 6.45) is -0.715. The molecule has 0 saturated carbocycles. The molecule has 0 saturated heterocycles. The number of amides is 2. The largest absolute Gasteiger partial charge is 0.388 e. The average molecular weight is 372 g/mol. The van der Waals surface area contributed by atoms with Gasteiger partial charge in [-0.25, -0.2) is 4.79 Å². The second kappa shape index (κ2) is 9.65. The van der Waals surface area contributed by atoms with Crippen molar-refractivity contribution < 1.29 is 14.8 Å². The molecule has 0 heterocycles. The zero-order valence-electron chi connectivity index (χ0n) is 15.3. The lowest BCUT2D eigenvalue weighted by Gasteiger charge is -2.26. The van der Waals surface area contributed by atoms with Gasteiger partial charge < -0.3 is 20.6 Å². The van der Waals surface area contributed by atoms with Crippen LogP contribution < -0.4 is 10.6 Å². The third kappa shape index (κ3) is 6.36. The molecule has 0 aromatic heterocycles. The number of nitrogens with zero attached hydrogens (tertiary/aromatic N) is 2. The Bertz CT molecular complexity index is 750. The lowest BCUT2D eigenvalue weighted by molar-refractivity contribution is -0.384. The van der Waals surface area contributed by atoms with Gasteiger partial charge >= 0.3 is 6.03 Å². The van der Waals surface area contributed by atoms with Gasteiger partial charge in [0.15, 0.2) is 0 Å². The van der Waals surface area contributed by atoms with Gasteiger partial charge in [-0.1, -0.05) is 30.3 Å². The van der Waals surface area contributed by atoms with Gasteiger partial charge in [0.2, 0.25) is 0 Å². The zero-order valence-corrected chi connectivity index (χ0v) is 15.3. The van der Waals surface area contributed by atoms with Crippen LogP contribution in [0.1, 0.15) is 11.7 Å². The number of aliphatic hydroxyl groups is 1. The summed E-state index contributed by atoms with van der Waals surface area (Å²) in [5.41, 5.74) is 1.20. The topological polar surface area (TPSA) is 108 Å². The van der Waals surface area contributed by atoms with Crippen molar-refractivity contribution in [2.24, 2.45) is 5.92 Å². The van der Waals surface area contributed by atoms with E-state index in [1.54, 1.807) is 0 Å². The molecule has 8 heteroatoms. The molecule has 0 radical (unpaired) electrons. The highest BCUT2D eigenvalue weighted by molar-refractivity contribution is 5.89. The van der Waals surface area contributed by atoms with Gasteiger partial charge in [-0.3, -0.25) is 10.1 Å². The van der Waals surface area contributed by atoms with Crippen molar-refractivity contribution in [3.63, 3.8) is 0 Å². The molecule has 0 unspecified atom stereocenters. The number of nitro benzene ring substituents is 1. The molecule has 8 nitrogen and oxygen atoms in total. The molecule has 2 rings (SSSR count). The number of nitro groups is 1. The Labute approximate surface area is 158 Å². The minimum absolute atomic E-state index is 0.0435. The summed E-state index contributed by atoms with van der Waals surface area (Å²) in [5.74, 6) is -0.204. The summed E-state index contributed by atoms with van der Waals surface area (Å²) >= 11 is 0. The van der Waals surface area contributed by atoms with Gasteiger partial charge in [-0.2, -0.15) is 0 Å². The smallest absolute Gasteiger partial charge is 0.319 e. The third-order valence-electron chi connectivity index (χ3n) is 4.05. The molecule has 144 valence electrons. The first-order valence-corrected chi connectivity index (χ1v) is 8.54. The van der Waals surface area contributed by atoms with Crippen LogP contribution in [0.15, 0.2) is 54.6 Å². The molecule has 0 aliphatic rings. The second-order valence-corrected chi connectivity index (χ2v) is 6.52. The summed E-state index contributed by atoms with van der Waals surface area (Å²) in [4.78, 5) is 24.2. The SMILES string of the molecule is CN(C)C[C@@H](CNC(=O)Nc1ccc([N+](=O)[O-])cc1)[C@H](O)c1ccccc1. The molecule has 27 heavy (non-hydrogen) atoms.